The Hall–Kier alpha value is -1.73. The van der Waals surface area contributed by atoms with Crippen molar-refractivity contribution < 1.29 is 0 Å². The van der Waals surface area contributed by atoms with Gasteiger partial charge in [-0.25, -0.2) is 0 Å². The first-order valence-corrected chi connectivity index (χ1v) is 5.59. The van der Waals surface area contributed by atoms with Crippen LogP contribution >= 0.6 is 15.9 Å². The van der Waals surface area contributed by atoms with Gasteiger partial charge in [0, 0.05) is 22.9 Å². The monoisotopic (exact) mass is 275 g/mol. The van der Waals surface area contributed by atoms with Crippen LogP contribution in [-0.2, 0) is 6.54 Å². The number of hydrogen-bond donors (Lipinski definition) is 1. The summed E-state index contributed by atoms with van der Waals surface area (Å²) in [4.78, 5) is 0. The lowest BCUT2D eigenvalue weighted by atomic mass is 10.2. The zero-order chi connectivity index (χ0) is 11.5. The SMILES string of the molecule is N#Cc1cccn1Cc1ccc(Br)c(N)c1. The molecule has 4 heteroatoms. The first-order chi connectivity index (χ1) is 7.70. The molecule has 0 saturated heterocycles. The van der Waals surface area contributed by atoms with Crippen molar-refractivity contribution in [2.45, 2.75) is 6.54 Å². The lowest BCUT2D eigenvalue weighted by molar-refractivity contribution is 0.794. The minimum Gasteiger partial charge on any atom is -0.398 e. The van der Waals surface area contributed by atoms with Crippen LogP contribution in [-0.4, -0.2) is 4.57 Å². The van der Waals surface area contributed by atoms with Gasteiger partial charge in [-0.3, -0.25) is 0 Å². The number of nitrogens with zero attached hydrogens (tertiary/aromatic N) is 2. The highest BCUT2D eigenvalue weighted by molar-refractivity contribution is 9.10. The minimum absolute atomic E-state index is 0.654. The second-order valence-electron chi connectivity index (χ2n) is 3.49. The molecule has 1 aromatic heterocycles. The summed E-state index contributed by atoms with van der Waals surface area (Å²) in [6, 6.07) is 11.6. The number of halogens is 1. The summed E-state index contributed by atoms with van der Waals surface area (Å²) in [5, 5.41) is 8.88. The molecule has 0 radical (unpaired) electrons. The van der Waals surface area contributed by atoms with Gasteiger partial charge in [0.2, 0.25) is 0 Å². The van der Waals surface area contributed by atoms with Crippen LogP contribution in [0.2, 0.25) is 0 Å². The maximum absolute atomic E-state index is 8.88. The second kappa shape index (κ2) is 4.42. The summed E-state index contributed by atoms with van der Waals surface area (Å²) in [6.45, 7) is 0.660. The number of aromatic nitrogens is 1. The standard InChI is InChI=1S/C12H10BrN3/c13-11-4-3-9(6-12(11)15)8-16-5-1-2-10(16)7-14/h1-6H,8,15H2. The van der Waals surface area contributed by atoms with E-state index in [-0.39, 0.29) is 0 Å². The zero-order valence-electron chi connectivity index (χ0n) is 8.52. The Morgan fingerprint density at radius 3 is 2.88 bits per heavy atom. The van der Waals surface area contributed by atoms with E-state index >= 15 is 0 Å². The molecule has 1 heterocycles. The van der Waals surface area contributed by atoms with E-state index in [1.807, 2.05) is 35.0 Å². The average Bonchev–Trinajstić information content (AvgIpc) is 2.71. The molecule has 80 valence electrons. The molecule has 0 aliphatic carbocycles. The molecule has 0 amide bonds. The number of nitrogen functional groups attached to an aromatic ring is 1. The van der Waals surface area contributed by atoms with E-state index in [0.29, 0.717) is 17.9 Å². The predicted octanol–water partition coefficient (Wildman–Crippen LogP) is 2.75. The molecule has 2 aromatic rings. The molecule has 0 unspecified atom stereocenters. The summed E-state index contributed by atoms with van der Waals surface area (Å²) in [7, 11) is 0. The van der Waals surface area contributed by atoms with Crippen LogP contribution in [0.5, 0.6) is 0 Å². The van der Waals surface area contributed by atoms with Gasteiger partial charge in [-0.15, -0.1) is 0 Å². The van der Waals surface area contributed by atoms with Crippen molar-refractivity contribution in [3.8, 4) is 6.07 Å². The van der Waals surface area contributed by atoms with Crippen LogP contribution in [0.1, 0.15) is 11.3 Å². The molecular formula is C12H10BrN3. The highest BCUT2D eigenvalue weighted by atomic mass is 79.9. The average molecular weight is 276 g/mol. The number of rotatable bonds is 2. The van der Waals surface area contributed by atoms with Crippen LogP contribution in [0.15, 0.2) is 41.0 Å². The van der Waals surface area contributed by atoms with E-state index in [1.54, 1.807) is 6.07 Å². The molecule has 2 N–H and O–H groups in total. The molecule has 0 atom stereocenters. The molecular weight excluding hydrogens is 266 g/mol. The fourth-order valence-electron chi connectivity index (χ4n) is 1.54. The quantitative estimate of drug-likeness (QED) is 0.857. The summed E-state index contributed by atoms with van der Waals surface area (Å²) in [5.41, 5.74) is 8.24. The summed E-state index contributed by atoms with van der Waals surface area (Å²) in [6.07, 6.45) is 1.89. The molecule has 1 aromatic carbocycles. The number of nitriles is 1. The van der Waals surface area contributed by atoms with Gasteiger partial charge in [-0.1, -0.05) is 6.07 Å². The third-order valence-corrected chi connectivity index (χ3v) is 3.08. The van der Waals surface area contributed by atoms with Gasteiger partial charge in [0.25, 0.3) is 0 Å². The van der Waals surface area contributed by atoms with E-state index in [9.17, 15) is 0 Å². The van der Waals surface area contributed by atoms with Gasteiger partial charge >= 0.3 is 0 Å². The maximum Gasteiger partial charge on any atom is 0.120 e. The Labute approximate surface area is 102 Å². The van der Waals surface area contributed by atoms with Gasteiger partial charge in [0.15, 0.2) is 0 Å². The third kappa shape index (κ3) is 2.10. The number of benzene rings is 1. The highest BCUT2D eigenvalue weighted by Gasteiger charge is 2.02. The van der Waals surface area contributed by atoms with Crippen molar-refractivity contribution in [1.29, 1.82) is 5.26 Å². The Balaban J connectivity index is 2.28. The molecule has 0 spiro atoms. The molecule has 0 fully saturated rings. The fraction of sp³-hybridized carbons (Fsp3) is 0.0833. The van der Waals surface area contributed by atoms with E-state index in [2.05, 4.69) is 22.0 Å². The molecule has 0 bridgehead atoms. The number of nitrogens with two attached hydrogens (primary N) is 1. The van der Waals surface area contributed by atoms with Crippen LogP contribution in [0.25, 0.3) is 0 Å². The number of hydrogen-bond acceptors (Lipinski definition) is 2. The van der Waals surface area contributed by atoms with Gasteiger partial charge in [0.1, 0.15) is 11.8 Å². The van der Waals surface area contributed by atoms with E-state index in [0.717, 1.165) is 10.0 Å². The van der Waals surface area contributed by atoms with Gasteiger partial charge in [0.05, 0.1) is 0 Å². The lowest BCUT2D eigenvalue weighted by Crippen LogP contribution is -2.01. The van der Waals surface area contributed by atoms with Crippen molar-refractivity contribution in [3.63, 3.8) is 0 Å². The Kier molecular flexibility index (Phi) is 2.97. The highest BCUT2D eigenvalue weighted by Crippen LogP contribution is 2.21. The normalized spacial score (nSPS) is 10.0. The van der Waals surface area contributed by atoms with Crippen molar-refractivity contribution >= 4 is 21.6 Å². The lowest BCUT2D eigenvalue weighted by Gasteiger charge is -2.06. The first kappa shape index (κ1) is 10.8. The van der Waals surface area contributed by atoms with Crippen molar-refractivity contribution in [2.24, 2.45) is 0 Å². The summed E-state index contributed by atoms with van der Waals surface area (Å²) < 4.78 is 2.78. The molecule has 3 nitrogen and oxygen atoms in total. The number of anilines is 1. The van der Waals surface area contributed by atoms with Gasteiger partial charge in [-0.2, -0.15) is 5.26 Å². The predicted molar refractivity (Wildman–Crippen MR) is 66.8 cm³/mol. The van der Waals surface area contributed by atoms with Crippen molar-refractivity contribution in [2.75, 3.05) is 5.73 Å². The molecule has 2 rings (SSSR count). The van der Waals surface area contributed by atoms with Crippen LogP contribution in [0, 0.1) is 11.3 Å². The molecule has 0 saturated carbocycles. The van der Waals surface area contributed by atoms with Gasteiger partial charge < -0.3 is 10.3 Å². The third-order valence-electron chi connectivity index (χ3n) is 2.36. The summed E-state index contributed by atoms with van der Waals surface area (Å²) in [5.74, 6) is 0. The van der Waals surface area contributed by atoms with Crippen molar-refractivity contribution in [3.05, 3.63) is 52.3 Å². The Morgan fingerprint density at radius 2 is 2.19 bits per heavy atom. The zero-order valence-corrected chi connectivity index (χ0v) is 10.1. The molecule has 0 aliphatic rings. The van der Waals surface area contributed by atoms with Crippen LogP contribution in [0.3, 0.4) is 0 Å². The summed E-state index contributed by atoms with van der Waals surface area (Å²) >= 11 is 3.35. The topological polar surface area (TPSA) is 54.7 Å². The van der Waals surface area contributed by atoms with Gasteiger partial charge in [-0.05, 0) is 45.8 Å². The smallest absolute Gasteiger partial charge is 0.120 e. The van der Waals surface area contributed by atoms with E-state index in [4.69, 9.17) is 11.0 Å². The largest absolute Gasteiger partial charge is 0.398 e. The minimum atomic E-state index is 0.654. The first-order valence-electron chi connectivity index (χ1n) is 4.80. The van der Waals surface area contributed by atoms with E-state index < -0.39 is 0 Å². The van der Waals surface area contributed by atoms with Crippen molar-refractivity contribution in [1.82, 2.24) is 4.57 Å². The maximum atomic E-state index is 8.88. The van der Waals surface area contributed by atoms with Crippen LogP contribution < -0.4 is 5.73 Å². The molecule has 0 aliphatic heterocycles. The fourth-order valence-corrected chi connectivity index (χ4v) is 1.79. The second-order valence-corrected chi connectivity index (χ2v) is 4.34. The van der Waals surface area contributed by atoms with Crippen LogP contribution in [0.4, 0.5) is 5.69 Å². The Bertz CT molecular complexity index is 552. The van der Waals surface area contributed by atoms with E-state index in [1.165, 1.54) is 0 Å². The Morgan fingerprint density at radius 1 is 1.38 bits per heavy atom. The molecule has 16 heavy (non-hydrogen) atoms.